The fraction of sp³-hybridized carbons (Fsp3) is 0.457. The van der Waals surface area contributed by atoms with Gasteiger partial charge in [0.15, 0.2) is 0 Å². The molecule has 0 saturated heterocycles. The number of allylic oxidation sites excluding steroid dienone is 5. The highest BCUT2D eigenvalue weighted by molar-refractivity contribution is 6.06. The molecule has 0 saturated carbocycles. The van der Waals surface area contributed by atoms with Crippen molar-refractivity contribution in [3.05, 3.63) is 119 Å². The van der Waals surface area contributed by atoms with E-state index in [4.69, 9.17) is 0 Å². The first-order valence-corrected chi connectivity index (χ1v) is 18.8. The van der Waals surface area contributed by atoms with Crippen LogP contribution < -0.4 is 4.90 Å². The normalized spacial score (nSPS) is 12.9. The van der Waals surface area contributed by atoms with Crippen molar-refractivity contribution in [1.82, 2.24) is 0 Å². The summed E-state index contributed by atoms with van der Waals surface area (Å²) in [4.78, 5) is 2.35. The lowest BCUT2D eigenvalue weighted by atomic mass is 9.74. The molecule has 0 spiro atoms. The maximum absolute atomic E-state index is 12.9. The molecule has 1 unspecified atom stereocenters. The molecule has 0 heterocycles. The van der Waals surface area contributed by atoms with E-state index in [1.165, 1.54) is 59.2 Å². The van der Waals surface area contributed by atoms with Crippen molar-refractivity contribution in [2.24, 2.45) is 16.5 Å². The Balaban J connectivity index is 0.000000940. The Kier molecular flexibility index (Phi) is 17.5. The number of anilines is 1. The first-order chi connectivity index (χ1) is 23.5. The molecule has 1 aliphatic rings. The summed E-state index contributed by atoms with van der Waals surface area (Å²) in [5.74, 6) is 1.45. The Morgan fingerprint density at radius 2 is 1.29 bits per heavy atom. The zero-order chi connectivity index (χ0) is 36.6. The minimum atomic E-state index is 0.238. The van der Waals surface area contributed by atoms with Crippen molar-refractivity contribution in [1.29, 1.82) is 0 Å². The molecule has 3 aromatic rings. The summed E-state index contributed by atoms with van der Waals surface area (Å²) in [7, 11) is 0. The van der Waals surface area contributed by atoms with E-state index in [1.807, 2.05) is 26.0 Å². The summed E-state index contributed by atoms with van der Waals surface area (Å²) in [6.07, 6.45) is 12.5. The Hall–Kier alpha value is -3.72. The van der Waals surface area contributed by atoms with Gasteiger partial charge in [0, 0.05) is 18.8 Å². The molecule has 4 rings (SSSR count). The minimum Gasteiger partial charge on any atom is -0.372 e. The fourth-order valence-electron chi connectivity index (χ4n) is 6.59. The van der Waals surface area contributed by atoms with Gasteiger partial charge in [-0.1, -0.05) is 158 Å². The molecule has 0 aromatic heterocycles. The zero-order valence-corrected chi connectivity index (χ0v) is 32.8. The van der Waals surface area contributed by atoms with Gasteiger partial charge in [0.1, 0.15) is 0 Å². The van der Waals surface area contributed by atoms with Crippen LogP contribution in [0.1, 0.15) is 130 Å². The van der Waals surface area contributed by atoms with Crippen LogP contribution in [0.3, 0.4) is 0 Å². The van der Waals surface area contributed by atoms with E-state index in [1.54, 1.807) is 12.2 Å². The maximum atomic E-state index is 12.9. The summed E-state index contributed by atoms with van der Waals surface area (Å²) in [6.45, 7) is 28.5. The molecule has 3 aromatic carbocycles. The molecule has 266 valence electrons. The van der Waals surface area contributed by atoms with Crippen LogP contribution in [0.4, 0.5) is 10.2 Å². The van der Waals surface area contributed by atoms with E-state index in [0.29, 0.717) is 11.6 Å². The number of halogens is 1. The third kappa shape index (κ3) is 12.0. The van der Waals surface area contributed by atoms with Crippen LogP contribution in [0.15, 0.2) is 102 Å². The molecule has 2 nitrogen and oxygen atoms in total. The molecule has 0 bridgehead atoms. The predicted octanol–water partition coefficient (Wildman–Crippen LogP) is 14.2. The third-order valence-electron chi connectivity index (χ3n) is 9.17. The molecule has 0 aliphatic heterocycles. The topological polar surface area (TPSA) is 15.6 Å². The van der Waals surface area contributed by atoms with E-state index in [0.717, 1.165) is 35.7 Å². The van der Waals surface area contributed by atoms with Crippen LogP contribution >= 0.6 is 0 Å². The van der Waals surface area contributed by atoms with Crippen LogP contribution in [0.25, 0.3) is 16.7 Å². The molecule has 1 atom stereocenters. The molecule has 3 heteroatoms. The third-order valence-corrected chi connectivity index (χ3v) is 9.17. The van der Waals surface area contributed by atoms with Crippen LogP contribution in [0.5, 0.6) is 0 Å². The second-order valence-corrected chi connectivity index (χ2v) is 14.3. The van der Waals surface area contributed by atoms with Gasteiger partial charge in [0.05, 0.1) is 5.71 Å². The van der Waals surface area contributed by atoms with E-state index >= 15 is 0 Å². The van der Waals surface area contributed by atoms with Crippen molar-refractivity contribution in [3.8, 4) is 11.1 Å². The number of nitrogens with zero attached hydrogens (tertiary/aromatic N) is 2. The van der Waals surface area contributed by atoms with Gasteiger partial charge in [-0.25, -0.2) is 0 Å². The summed E-state index contributed by atoms with van der Waals surface area (Å²) < 4.78 is 12.9. The van der Waals surface area contributed by atoms with Gasteiger partial charge in [0.25, 0.3) is 0 Å². The maximum Gasteiger partial charge on any atom is 0.0960 e. The monoisotopic (exact) mass is 665 g/mol. The molecule has 0 fully saturated rings. The van der Waals surface area contributed by atoms with Crippen molar-refractivity contribution in [3.63, 3.8) is 0 Å². The quantitative estimate of drug-likeness (QED) is 0.199. The van der Waals surface area contributed by atoms with Crippen molar-refractivity contribution < 1.29 is 4.48 Å². The first-order valence-electron chi connectivity index (χ1n) is 18.8. The average molecular weight is 665 g/mol. The Bertz CT molecular complexity index is 1510. The standard InChI is InChI=1S/C38H45FN2.C6H14.C2H6/c1-8-11-36(38(5,6)7)29-14-12-28(13-15-29)32-20-25-35(27(4)26-32)37(30-16-21-33(40-39)22-17-30)31-18-23-34(24-19-31)41(9-2)10-3;1-4-5-6(2)3;1-2/h12-26,36H,8-11H2,1-7H3;6H,4-5H2,1-3H3;1-2H3. The van der Waals surface area contributed by atoms with Crippen LogP contribution in [0, 0.1) is 18.3 Å². The van der Waals surface area contributed by atoms with E-state index < -0.39 is 0 Å². The molecule has 0 amide bonds. The smallest absolute Gasteiger partial charge is 0.0960 e. The number of aryl methyl sites for hydroxylation is 1. The summed E-state index contributed by atoms with van der Waals surface area (Å²) in [5.41, 5.74) is 11.3. The molecular formula is C46H65FN2. The SMILES string of the molecule is CC.CCCC(C)C.CCCC(c1ccc(-c2ccc(C(=C3C=CC(=NF)C=C3)c3ccc(N(CC)CC)cc3)c(C)c2)cc1)C(C)(C)C. The summed E-state index contributed by atoms with van der Waals surface area (Å²) in [5, 5.41) is 2.85. The van der Waals surface area contributed by atoms with Crippen molar-refractivity contribution in [2.75, 3.05) is 18.0 Å². The average Bonchev–Trinajstić information content (AvgIpc) is 3.10. The fourth-order valence-corrected chi connectivity index (χ4v) is 6.59. The zero-order valence-electron chi connectivity index (χ0n) is 32.8. The highest BCUT2D eigenvalue weighted by Gasteiger charge is 2.25. The Morgan fingerprint density at radius 3 is 1.71 bits per heavy atom. The van der Waals surface area contributed by atoms with Crippen molar-refractivity contribution in [2.45, 2.75) is 115 Å². The minimum absolute atomic E-state index is 0.238. The van der Waals surface area contributed by atoms with Crippen LogP contribution in [-0.2, 0) is 0 Å². The van der Waals surface area contributed by atoms with E-state index in [2.05, 4.69) is 146 Å². The van der Waals surface area contributed by atoms with Gasteiger partial charge in [-0.15, -0.1) is 0 Å². The highest BCUT2D eigenvalue weighted by Crippen LogP contribution is 2.40. The molecule has 0 N–H and O–H groups in total. The van der Waals surface area contributed by atoms with Gasteiger partial charge in [-0.3, -0.25) is 0 Å². The lowest BCUT2D eigenvalue weighted by molar-refractivity contribution is 0.303. The number of rotatable bonds is 11. The van der Waals surface area contributed by atoms with E-state index in [-0.39, 0.29) is 5.41 Å². The highest BCUT2D eigenvalue weighted by atomic mass is 19.2. The second-order valence-electron chi connectivity index (χ2n) is 14.3. The molecule has 0 radical (unpaired) electrons. The van der Waals surface area contributed by atoms with Crippen LogP contribution in [0.2, 0.25) is 0 Å². The van der Waals surface area contributed by atoms with Gasteiger partial charge in [0.2, 0.25) is 0 Å². The largest absolute Gasteiger partial charge is 0.372 e. The van der Waals surface area contributed by atoms with E-state index in [9.17, 15) is 4.48 Å². The second kappa shape index (κ2) is 20.7. The lowest BCUT2D eigenvalue weighted by Crippen LogP contribution is -2.21. The van der Waals surface area contributed by atoms with Crippen LogP contribution in [-0.4, -0.2) is 18.8 Å². The summed E-state index contributed by atoms with van der Waals surface area (Å²) in [6, 6.07) is 24.7. The molecular weight excluding hydrogens is 600 g/mol. The first kappa shape index (κ1) is 41.5. The van der Waals surface area contributed by atoms with Gasteiger partial charge in [-0.05, 0) is 113 Å². The Labute approximate surface area is 299 Å². The molecule has 49 heavy (non-hydrogen) atoms. The molecule has 1 aliphatic carbocycles. The predicted molar refractivity (Wildman–Crippen MR) is 218 cm³/mol. The van der Waals surface area contributed by atoms with Gasteiger partial charge >= 0.3 is 0 Å². The number of benzene rings is 3. The number of hydrogen-bond donors (Lipinski definition) is 0. The van der Waals surface area contributed by atoms with Gasteiger partial charge < -0.3 is 4.90 Å². The number of hydrogen-bond acceptors (Lipinski definition) is 2. The van der Waals surface area contributed by atoms with Gasteiger partial charge in [-0.2, -0.15) is 0 Å². The Morgan fingerprint density at radius 1 is 0.735 bits per heavy atom. The van der Waals surface area contributed by atoms with Crippen molar-refractivity contribution >= 4 is 17.0 Å². The lowest BCUT2D eigenvalue weighted by Gasteiger charge is -2.31. The summed E-state index contributed by atoms with van der Waals surface area (Å²) >= 11 is 0.